The van der Waals surface area contributed by atoms with Crippen LogP contribution in [0.1, 0.15) is 40.0 Å². The summed E-state index contributed by atoms with van der Waals surface area (Å²) in [6, 6.07) is 8.67. The molecular formula is C16H26N2. The normalized spacial score (nSPS) is 28.3. The van der Waals surface area contributed by atoms with Gasteiger partial charge in [0.15, 0.2) is 0 Å². The Bertz CT molecular complexity index is 386. The fourth-order valence-electron chi connectivity index (χ4n) is 3.20. The molecule has 1 aromatic carbocycles. The van der Waals surface area contributed by atoms with Gasteiger partial charge in [-0.3, -0.25) is 0 Å². The summed E-state index contributed by atoms with van der Waals surface area (Å²) in [7, 11) is 0. The first-order chi connectivity index (χ1) is 8.58. The second-order valence-corrected chi connectivity index (χ2v) is 6.16. The Balaban J connectivity index is 2.11. The number of nitrogen functional groups attached to an aromatic ring is 1. The third-order valence-corrected chi connectivity index (χ3v) is 4.32. The van der Waals surface area contributed by atoms with Gasteiger partial charge in [-0.05, 0) is 42.7 Å². The number of para-hydroxylation sites is 2. The van der Waals surface area contributed by atoms with Crippen LogP contribution in [-0.2, 0) is 0 Å². The average molecular weight is 246 g/mol. The third kappa shape index (κ3) is 2.98. The van der Waals surface area contributed by atoms with E-state index in [1.165, 1.54) is 19.3 Å². The SMILES string of the molecule is CC1CCC(C(C)C)C(Nc2ccccc2N)C1. The van der Waals surface area contributed by atoms with Gasteiger partial charge in [0, 0.05) is 6.04 Å². The first kappa shape index (κ1) is 13.3. The lowest BCUT2D eigenvalue weighted by molar-refractivity contribution is 0.212. The standard InChI is InChI=1S/C16H26N2/c1-11(2)13-9-8-12(3)10-16(13)18-15-7-5-4-6-14(15)17/h4-7,11-13,16,18H,8-10,17H2,1-3H3. The Hall–Kier alpha value is -1.18. The van der Waals surface area contributed by atoms with E-state index in [0.717, 1.165) is 29.1 Å². The largest absolute Gasteiger partial charge is 0.397 e. The van der Waals surface area contributed by atoms with Crippen LogP contribution in [0.3, 0.4) is 0 Å². The van der Waals surface area contributed by atoms with Gasteiger partial charge in [0.05, 0.1) is 11.4 Å². The minimum Gasteiger partial charge on any atom is -0.397 e. The van der Waals surface area contributed by atoms with Crippen LogP contribution in [0.5, 0.6) is 0 Å². The molecule has 0 bridgehead atoms. The number of hydrogen-bond donors (Lipinski definition) is 2. The molecular weight excluding hydrogens is 220 g/mol. The van der Waals surface area contributed by atoms with Gasteiger partial charge in [-0.15, -0.1) is 0 Å². The summed E-state index contributed by atoms with van der Waals surface area (Å²) in [4.78, 5) is 0. The summed E-state index contributed by atoms with van der Waals surface area (Å²) in [6.07, 6.45) is 3.96. The molecule has 0 aromatic heterocycles. The molecule has 1 saturated carbocycles. The number of anilines is 2. The van der Waals surface area contributed by atoms with E-state index < -0.39 is 0 Å². The quantitative estimate of drug-likeness (QED) is 0.787. The van der Waals surface area contributed by atoms with Gasteiger partial charge in [0.2, 0.25) is 0 Å². The lowest BCUT2D eigenvalue weighted by Gasteiger charge is -2.38. The summed E-state index contributed by atoms with van der Waals surface area (Å²) in [5.74, 6) is 2.32. The minimum absolute atomic E-state index is 0.568. The van der Waals surface area contributed by atoms with Crippen molar-refractivity contribution in [1.82, 2.24) is 0 Å². The predicted molar refractivity (Wildman–Crippen MR) is 79.6 cm³/mol. The smallest absolute Gasteiger partial charge is 0.0576 e. The maximum absolute atomic E-state index is 6.03. The van der Waals surface area contributed by atoms with Gasteiger partial charge in [-0.2, -0.15) is 0 Å². The molecule has 18 heavy (non-hydrogen) atoms. The van der Waals surface area contributed by atoms with Crippen LogP contribution >= 0.6 is 0 Å². The fraction of sp³-hybridized carbons (Fsp3) is 0.625. The number of nitrogens with two attached hydrogens (primary N) is 1. The molecule has 3 unspecified atom stereocenters. The second-order valence-electron chi connectivity index (χ2n) is 6.16. The van der Waals surface area contributed by atoms with Crippen molar-refractivity contribution >= 4 is 11.4 Å². The zero-order chi connectivity index (χ0) is 13.1. The highest BCUT2D eigenvalue weighted by Crippen LogP contribution is 2.35. The molecule has 1 fully saturated rings. The number of rotatable bonds is 3. The Kier molecular flexibility index (Phi) is 4.15. The van der Waals surface area contributed by atoms with Crippen LogP contribution in [0, 0.1) is 17.8 Å². The summed E-state index contributed by atoms with van der Waals surface area (Å²) >= 11 is 0. The highest BCUT2D eigenvalue weighted by molar-refractivity contribution is 5.66. The lowest BCUT2D eigenvalue weighted by atomic mass is 9.74. The molecule has 0 heterocycles. The van der Waals surface area contributed by atoms with E-state index in [9.17, 15) is 0 Å². The molecule has 1 aliphatic rings. The summed E-state index contributed by atoms with van der Waals surface area (Å²) < 4.78 is 0. The van der Waals surface area contributed by atoms with E-state index in [2.05, 4.69) is 38.2 Å². The second kappa shape index (κ2) is 5.64. The van der Waals surface area contributed by atoms with Crippen LogP contribution in [0.25, 0.3) is 0 Å². The number of nitrogens with one attached hydrogen (secondary N) is 1. The fourth-order valence-corrected chi connectivity index (χ4v) is 3.20. The highest BCUT2D eigenvalue weighted by atomic mass is 14.9. The van der Waals surface area contributed by atoms with Crippen molar-refractivity contribution in [1.29, 1.82) is 0 Å². The molecule has 2 heteroatoms. The van der Waals surface area contributed by atoms with Gasteiger partial charge in [-0.1, -0.05) is 39.3 Å². The molecule has 0 spiro atoms. The zero-order valence-electron chi connectivity index (χ0n) is 11.8. The van der Waals surface area contributed by atoms with Crippen molar-refractivity contribution in [2.45, 2.75) is 46.1 Å². The van der Waals surface area contributed by atoms with Crippen molar-refractivity contribution in [3.05, 3.63) is 24.3 Å². The van der Waals surface area contributed by atoms with Crippen molar-refractivity contribution in [2.75, 3.05) is 11.1 Å². The van der Waals surface area contributed by atoms with Gasteiger partial charge < -0.3 is 11.1 Å². The lowest BCUT2D eigenvalue weighted by Crippen LogP contribution is -2.38. The van der Waals surface area contributed by atoms with E-state index in [1.54, 1.807) is 0 Å². The molecule has 0 radical (unpaired) electrons. The van der Waals surface area contributed by atoms with Crippen molar-refractivity contribution < 1.29 is 0 Å². The Morgan fingerprint density at radius 2 is 1.94 bits per heavy atom. The first-order valence-electron chi connectivity index (χ1n) is 7.19. The van der Waals surface area contributed by atoms with Crippen molar-refractivity contribution in [3.63, 3.8) is 0 Å². The molecule has 3 atom stereocenters. The molecule has 0 aliphatic heterocycles. The predicted octanol–water partition coefficient (Wildman–Crippen LogP) is 4.14. The van der Waals surface area contributed by atoms with E-state index >= 15 is 0 Å². The van der Waals surface area contributed by atoms with Gasteiger partial charge in [0.25, 0.3) is 0 Å². The van der Waals surface area contributed by atoms with Crippen LogP contribution in [0.4, 0.5) is 11.4 Å². The molecule has 1 aliphatic carbocycles. The summed E-state index contributed by atoms with van der Waals surface area (Å²) in [5, 5.41) is 3.69. The monoisotopic (exact) mass is 246 g/mol. The average Bonchev–Trinajstić information content (AvgIpc) is 2.32. The van der Waals surface area contributed by atoms with Gasteiger partial charge in [0.1, 0.15) is 0 Å². The molecule has 0 saturated heterocycles. The summed E-state index contributed by atoms with van der Waals surface area (Å²) in [6.45, 7) is 7.03. The third-order valence-electron chi connectivity index (χ3n) is 4.32. The highest BCUT2D eigenvalue weighted by Gasteiger charge is 2.30. The number of hydrogen-bond acceptors (Lipinski definition) is 2. The molecule has 2 rings (SSSR count). The first-order valence-corrected chi connectivity index (χ1v) is 7.19. The summed E-state index contributed by atoms with van der Waals surface area (Å²) in [5.41, 5.74) is 7.99. The number of benzene rings is 1. The molecule has 0 amide bonds. The molecule has 2 nitrogen and oxygen atoms in total. The van der Waals surface area contributed by atoms with E-state index in [1.807, 2.05) is 12.1 Å². The van der Waals surface area contributed by atoms with Crippen LogP contribution in [-0.4, -0.2) is 6.04 Å². The Labute approximate surface area is 111 Å². The van der Waals surface area contributed by atoms with E-state index in [0.29, 0.717) is 6.04 Å². The Morgan fingerprint density at radius 1 is 1.22 bits per heavy atom. The van der Waals surface area contributed by atoms with Gasteiger partial charge in [-0.25, -0.2) is 0 Å². The van der Waals surface area contributed by atoms with E-state index in [4.69, 9.17) is 5.73 Å². The van der Waals surface area contributed by atoms with Crippen LogP contribution < -0.4 is 11.1 Å². The topological polar surface area (TPSA) is 38.0 Å². The zero-order valence-corrected chi connectivity index (χ0v) is 11.8. The molecule has 100 valence electrons. The molecule has 3 N–H and O–H groups in total. The minimum atomic E-state index is 0.568. The van der Waals surface area contributed by atoms with Gasteiger partial charge >= 0.3 is 0 Å². The van der Waals surface area contributed by atoms with Crippen molar-refractivity contribution in [2.24, 2.45) is 17.8 Å². The molecule has 1 aromatic rings. The van der Waals surface area contributed by atoms with Crippen LogP contribution in [0.2, 0.25) is 0 Å². The maximum atomic E-state index is 6.03. The Morgan fingerprint density at radius 3 is 2.61 bits per heavy atom. The van der Waals surface area contributed by atoms with Crippen molar-refractivity contribution in [3.8, 4) is 0 Å². The van der Waals surface area contributed by atoms with Crippen LogP contribution in [0.15, 0.2) is 24.3 Å². The van der Waals surface area contributed by atoms with E-state index in [-0.39, 0.29) is 0 Å². The maximum Gasteiger partial charge on any atom is 0.0576 e.